The smallest absolute Gasteiger partial charge is 0.126 e. The fourth-order valence-electron chi connectivity index (χ4n) is 2.92. The molecule has 1 aliphatic rings. The monoisotopic (exact) mass is 308 g/mol. The molecule has 0 aliphatic carbocycles. The van der Waals surface area contributed by atoms with Crippen molar-refractivity contribution in [3.8, 4) is 0 Å². The van der Waals surface area contributed by atoms with Crippen LogP contribution < -0.4 is 0 Å². The molecule has 0 radical (unpaired) electrons. The molecule has 18 heavy (non-hydrogen) atoms. The summed E-state index contributed by atoms with van der Waals surface area (Å²) in [6.07, 6.45) is 0. The fourth-order valence-corrected chi connectivity index (χ4v) is 3.32. The Labute approximate surface area is 118 Å². The van der Waals surface area contributed by atoms with Crippen molar-refractivity contribution < 1.29 is 4.74 Å². The van der Waals surface area contributed by atoms with Crippen LogP contribution in [0.1, 0.15) is 40.2 Å². The number of ether oxygens (including phenoxy) is 1. The second kappa shape index (κ2) is 4.41. The van der Waals surface area contributed by atoms with E-state index in [4.69, 9.17) is 4.74 Å². The van der Waals surface area contributed by atoms with Crippen LogP contribution >= 0.6 is 15.9 Å². The second-order valence-electron chi connectivity index (χ2n) is 6.64. The van der Waals surface area contributed by atoms with Crippen molar-refractivity contribution in [3.63, 3.8) is 0 Å². The molecule has 0 saturated carbocycles. The minimum Gasteiger partial charge on any atom is -0.492 e. The largest absolute Gasteiger partial charge is 0.492 e. The van der Waals surface area contributed by atoms with Gasteiger partial charge in [-0.15, -0.1) is 0 Å². The zero-order valence-electron chi connectivity index (χ0n) is 11.8. The van der Waals surface area contributed by atoms with Gasteiger partial charge in [-0.05, 0) is 23.1 Å². The summed E-state index contributed by atoms with van der Waals surface area (Å²) in [5.74, 6) is 1.06. The number of hydrogen-bond acceptors (Lipinski definition) is 1. The predicted molar refractivity (Wildman–Crippen MR) is 80.3 cm³/mol. The summed E-state index contributed by atoms with van der Waals surface area (Å²) in [4.78, 5) is 0. The molecule has 1 heterocycles. The second-order valence-corrected chi connectivity index (χ2v) is 7.55. The lowest BCUT2D eigenvalue weighted by atomic mass is 9.71. The highest BCUT2D eigenvalue weighted by Gasteiger charge is 2.41. The lowest BCUT2D eigenvalue weighted by Crippen LogP contribution is -2.24. The van der Waals surface area contributed by atoms with Gasteiger partial charge in [0, 0.05) is 15.5 Å². The van der Waals surface area contributed by atoms with Crippen LogP contribution in [-0.4, -0.2) is 6.61 Å². The molecule has 2 heteroatoms. The van der Waals surface area contributed by atoms with Gasteiger partial charge in [-0.2, -0.15) is 0 Å². The van der Waals surface area contributed by atoms with Crippen LogP contribution in [0.25, 0.3) is 5.76 Å². The van der Waals surface area contributed by atoms with Crippen molar-refractivity contribution >= 4 is 21.7 Å². The third-order valence-electron chi connectivity index (χ3n) is 3.32. The van der Waals surface area contributed by atoms with E-state index in [1.807, 2.05) is 6.07 Å². The molecule has 0 amide bonds. The quantitative estimate of drug-likeness (QED) is 0.687. The Hall–Kier alpha value is -0.760. The molecule has 0 bridgehead atoms. The Bertz CT molecular complexity index is 492. The summed E-state index contributed by atoms with van der Waals surface area (Å²) >= 11 is 3.53. The van der Waals surface area contributed by atoms with Crippen molar-refractivity contribution in [3.05, 3.63) is 39.9 Å². The summed E-state index contributed by atoms with van der Waals surface area (Å²) in [6.45, 7) is 12.1. The van der Waals surface area contributed by atoms with Crippen LogP contribution in [0.2, 0.25) is 0 Å². The predicted octanol–water partition coefficient (Wildman–Crippen LogP) is 5.26. The Morgan fingerprint density at radius 1 is 1.22 bits per heavy atom. The van der Waals surface area contributed by atoms with E-state index >= 15 is 0 Å². The zero-order chi connectivity index (χ0) is 13.6. The van der Waals surface area contributed by atoms with Gasteiger partial charge in [0.05, 0.1) is 6.61 Å². The Kier molecular flexibility index (Phi) is 3.35. The van der Waals surface area contributed by atoms with E-state index in [2.05, 4.69) is 68.7 Å². The fraction of sp³-hybridized carbons (Fsp3) is 0.500. The molecule has 0 fully saturated rings. The zero-order valence-corrected chi connectivity index (χ0v) is 13.4. The van der Waals surface area contributed by atoms with Crippen LogP contribution in [0.15, 0.2) is 34.3 Å². The summed E-state index contributed by atoms with van der Waals surface area (Å²) in [5.41, 5.74) is 2.81. The van der Waals surface area contributed by atoms with E-state index in [-0.39, 0.29) is 10.8 Å². The van der Waals surface area contributed by atoms with E-state index in [1.165, 1.54) is 11.1 Å². The molecule has 1 aromatic rings. The normalized spacial score (nSPS) is 19.0. The van der Waals surface area contributed by atoms with Crippen molar-refractivity contribution in [2.75, 3.05) is 6.61 Å². The highest BCUT2D eigenvalue weighted by Crippen LogP contribution is 2.49. The number of halogens is 1. The van der Waals surface area contributed by atoms with Gasteiger partial charge in [-0.1, -0.05) is 62.7 Å². The lowest BCUT2D eigenvalue weighted by Gasteiger charge is -2.30. The maximum atomic E-state index is 6.01. The highest BCUT2D eigenvalue weighted by molar-refractivity contribution is 9.10. The number of benzene rings is 1. The van der Waals surface area contributed by atoms with Crippen LogP contribution in [-0.2, 0) is 4.74 Å². The number of rotatable bonds is 1. The molecule has 1 aromatic carbocycles. The first kappa shape index (κ1) is 13.7. The minimum absolute atomic E-state index is 0.107. The molecular formula is C16H21BrO. The summed E-state index contributed by atoms with van der Waals surface area (Å²) in [5, 5.41) is 0. The molecule has 0 atom stereocenters. The first-order valence-electron chi connectivity index (χ1n) is 6.36. The Balaban J connectivity index is 2.60. The van der Waals surface area contributed by atoms with Gasteiger partial charge in [0.1, 0.15) is 5.76 Å². The molecule has 0 saturated heterocycles. The maximum Gasteiger partial charge on any atom is 0.126 e. The van der Waals surface area contributed by atoms with Gasteiger partial charge >= 0.3 is 0 Å². The molecular weight excluding hydrogens is 288 g/mol. The standard InChI is InChI=1S/C16H21BrO/c1-15(2,3)14-13(18-10-16(14,4)5)11-7-6-8-12(17)9-11/h6-9H,10H2,1-5H3. The Morgan fingerprint density at radius 2 is 1.89 bits per heavy atom. The van der Waals surface area contributed by atoms with E-state index in [1.54, 1.807) is 0 Å². The molecule has 0 unspecified atom stereocenters. The van der Waals surface area contributed by atoms with Gasteiger partial charge in [0.25, 0.3) is 0 Å². The summed E-state index contributed by atoms with van der Waals surface area (Å²) in [7, 11) is 0. The van der Waals surface area contributed by atoms with E-state index < -0.39 is 0 Å². The molecule has 0 spiro atoms. The van der Waals surface area contributed by atoms with E-state index in [9.17, 15) is 0 Å². The van der Waals surface area contributed by atoms with Gasteiger partial charge < -0.3 is 4.74 Å². The SMILES string of the molecule is CC(C)(C)C1=C(c2cccc(Br)c2)OCC1(C)C. The molecule has 0 N–H and O–H groups in total. The van der Waals surface area contributed by atoms with Crippen LogP contribution in [0, 0.1) is 10.8 Å². The van der Waals surface area contributed by atoms with Gasteiger partial charge in [0.15, 0.2) is 0 Å². The summed E-state index contributed by atoms with van der Waals surface area (Å²) in [6, 6.07) is 8.35. The van der Waals surface area contributed by atoms with Crippen LogP contribution in [0.5, 0.6) is 0 Å². The van der Waals surface area contributed by atoms with E-state index in [0.29, 0.717) is 0 Å². The molecule has 1 nitrogen and oxygen atoms in total. The molecule has 1 aliphatic heterocycles. The number of hydrogen-bond donors (Lipinski definition) is 0. The van der Waals surface area contributed by atoms with Gasteiger partial charge in [-0.3, -0.25) is 0 Å². The molecule has 0 aromatic heterocycles. The molecule has 98 valence electrons. The first-order chi connectivity index (χ1) is 8.22. The van der Waals surface area contributed by atoms with Crippen molar-refractivity contribution in [2.24, 2.45) is 10.8 Å². The summed E-state index contributed by atoms with van der Waals surface area (Å²) < 4.78 is 7.10. The average Bonchev–Trinajstić information content (AvgIpc) is 2.53. The van der Waals surface area contributed by atoms with Crippen molar-refractivity contribution in [2.45, 2.75) is 34.6 Å². The first-order valence-corrected chi connectivity index (χ1v) is 7.15. The van der Waals surface area contributed by atoms with Gasteiger partial charge in [0.2, 0.25) is 0 Å². The van der Waals surface area contributed by atoms with Crippen LogP contribution in [0.4, 0.5) is 0 Å². The maximum absolute atomic E-state index is 6.01. The van der Waals surface area contributed by atoms with Crippen LogP contribution in [0.3, 0.4) is 0 Å². The minimum atomic E-state index is 0.107. The van der Waals surface area contributed by atoms with Crippen molar-refractivity contribution in [1.29, 1.82) is 0 Å². The third kappa shape index (κ3) is 2.49. The highest BCUT2D eigenvalue weighted by atomic mass is 79.9. The molecule has 2 rings (SSSR count). The third-order valence-corrected chi connectivity index (χ3v) is 3.81. The lowest BCUT2D eigenvalue weighted by molar-refractivity contribution is 0.213. The van der Waals surface area contributed by atoms with Gasteiger partial charge in [-0.25, -0.2) is 0 Å². The topological polar surface area (TPSA) is 9.23 Å². The van der Waals surface area contributed by atoms with Crippen molar-refractivity contribution in [1.82, 2.24) is 0 Å². The Morgan fingerprint density at radius 3 is 2.44 bits per heavy atom. The average molecular weight is 309 g/mol. The van der Waals surface area contributed by atoms with E-state index in [0.717, 1.165) is 16.8 Å².